The molecule has 0 saturated heterocycles. The van der Waals surface area contributed by atoms with Crippen molar-refractivity contribution in [1.82, 2.24) is 0 Å². The average Bonchev–Trinajstić information content (AvgIpc) is 2.46. The van der Waals surface area contributed by atoms with E-state index in [9.17, 15) is 0 Å². The first-order valence-electron chi connectivity index (χ1n) is 5.72. The highest BCUT2D eigenvalue weighted by atomic mass is 16.5. The lowest BCUT2D eigenvalue weighted by Gasteiger charge is -2.04. The van der Waals surface area contributed by atoms with Gasteiger partial charge in [-0.25, -0.2) is 0 Å². The van der Waals surface area contributed by atoms with Gasteiger partial charge in [-0.15, -0.1) is 5.11 Å². The van der Waals surface area contributed by atoms with Crippen LogP contribution in [0.25, 0.3) is 0 Å². The van der Waals surface area contributed by atoms with E-state index in [4.69, 9.17) is 15.2 Å². The van der Waals surface area contributed by atoms with Gasteiger partial charge in [0.05, 0.1) is 19.9 Å². The Hall–Kier alpha value is -2.56. The van der Waals surface area contributed by atoms with Crippen LogP contribution in [0.2, 0.25) is 0 Å². The molecule has 0 unspecified atom stereocenters. The number of ether oxygens (including phenoxy) is 2. The summed E-state index contributed by atoms with van der Waals surface area (Å²) in [5.41, 5.74) is 7.63. The van der Waals surface area contributed by atoms with Gasteiger partial charge in [0.25, 0.3) is 0 Å². The molecule has 2 N–H and O–H groups in total. The van der Waals surface area contributed by atoms with Crippen molar-refractivity contribution in [1.29, 1.82) is 0 Å². The molecule has 2 aromatic carbocycles. The molecule has 0 saturated carbocycles. The van der Waals surface area contributed by atoms with Crippen LogP contribution in [-0.4, -0.2) is 14.2 Å². The van der Waals surface area contributed by atoms with E-state index in [1.165, 1.54) is 0 Å². The van der Waals surface area contributed by atoms with Gasteiger partial charge in [0.15, 0.2) is 0 Å². The molecule has 98 valence electrons. The Morgan fingerprint density at radius 1 is 0.947 bits per heavy atom. The third-order valence-electron chi connectivity index (χ3n) is 2.53. The highest BCUT2D eigenvalue weighted by molar-refractivity contribution is 5.59. The SMILES string of the molecule is COc1cccc(N=Nc2ccc(N)cc2OC)c1. The molecule has 0 aliphatic rings. The Morgan fingerprint density at radius 2 is 1.79 bits per heavy atom. The van der Waals surface area contributed by atoms with E-state index in [-0.39, 0.29) is 0 Å². The Kier molecular flexibility index (Phi) is 3.97. The van der Waals surface area contributed by atoms with Crippen molar-refractivity contribution in [2.75, 3.05) is 20.0 Å². The first kappa shape index (κ1) is 12.9. The van der Waals surface area contributed by atoms with E-state index in [1.807, 2.05) is 18.2 Å². The lowest BCUT2D eigenvalue weighted by Crippen LogP contribution is -1.87. The highest BCUT2D eigenvalue weighted by Crippen LogP contribution is 2.31. The normalized spacial score (nSPS) is 10.6. The van der Waals surface area contributed by atoms with E-state index in [2.05, 4.69) is 10.2 Å². The van der Waals surface area contributed by atoms with Crippen LogP contribution in [0.1, 0.15) is 0 Å². The number of nitrogens with zero attached hydrogens (tertiary/aromatic N) is 2. The summed E-state index contributed by atoms with van der Waals surface area (Å²) in [7, 11) is 3.18. The quantitative estimate of drug-likeness (QED) is 0.670. The third kappa shape index (κ3) is 3.22. The number of nitrogens with two attached hydrogens (primary N) is 1. The Balaban J connectivity index is 2.26. The van der Waals surface area contributed by atoms with Gasteiger partial charge in [0.2, 0.25) is 0 Å². The highest BCUT2D eigenvalue weighted by Gasteiger charge is 2.02. The molecule has 0 aromatic heterocycles. The number of hydrogen-bond acceptors (Lipinski definition) is 5. The molecule has 0 aliphatic carbocycles. The van der Waals surface area contributed by atoms with Crippen LogP contribution in [0.5, 0.6) is 11.5 Å². The minimum absolute atomic E-state index is 0.589. The smallest absolute Gasteiger partial charge is 0.148 e. The maximum Gasteiger partial charge on any atom is 0.148 e. The summed E-state index contributed by atoms with van der Waals surface area (Å²) in [6.07, 6.45) is 0. The van der Waals surface area contributed by atoms with Gasteiger partial charge in [-0.05, 0) is 24.3 Å². The molecule has 19 heavy (non-hydrogen) atoms. The molecule has 0 fully saturated rings. The lowest BCUT2D eigenvalue weighted by atomic mass is 10.2. The molecule has 5 nitrogen and oxygen atoms in total. The number of methoxy groups -OCH3 is 2. The molecule has 5 heteroatoms. The Bertz CT molecular complexity index is 597. The average molecular weight is 257 g/mol. The molecular formula is C14H15N3O2. The van der Waals surface area contributed by atoms with E-state index in [0.29, 0.717) is 22.8 Å². The molecule has 0 atom stereocenters. The predicted octanol–water partition coefficient (Wildman–Crippen LogP) is 3.70. The number of azo groups is 1. The first-order chi connectivity index (χ1) is 9.22. The van der Waals surface area contributed by atoms with Gasteiger partial charge < -0.3 is 15.2 Å². The summed E-state index contributed by atoms with van der Waals surface area (Å²) in [6, 6.07) is 12.6. The molecule has 2 aromatic rings. The Labute approximate surface area is 111 Å². The maximum absolute atomic E-state index is 5.68. The molecule has 0 bridgehead atoms. The van der Waals surface area contributed by atoms with Crippen molar-refractivity contribution >= 4 is 17.1 Å². The number of benzene rings is 2. The molecule has 0 spiro atoms. The van der Waals surface area contributed by atoms with Crippen LogP contribution in [0.4, 0.5) is 17.1 Å². The number of hydrogen-bond donors (Lipinski definition) is 1. The van der Waals surface area contributed by atoms with E-state index >= 15 is 0 Å². The summed E-state index contributed by atoms with van der Waals surface area (Å²) in [4.78, 5) is 0. The Morgan fingerprint density at radius 3 is 2.53 bits per heavy atom. The van der Waals surface area contributed by atoms with Crippen LogP contribution in [0.15, 0.2) is 52.7 Å². The van der Waals surface area contributed by atoms with E-state index in [1.54, 1.807) is 38.5 Å². The van der Waals surface area contributed by atoms with Gasteiger partial charge in [-0.2, -0.15) is 5.11 Å². The summed E-state index contributed by atoms with van der Waals surface area (Å²) < 4.78 is 10.3. The van der Waals surface area contributed by atoms with Crippen molar-refractivity contribution in [2.24, 2.45) is 10.2 Å². The fourth-order valence-corrected chi connectivity index (χ4v) is 1.56. The summed E-state index contributed by atoms with van der Waals surface area (Å²) >= 11 is 0. The topological polar surface area (TPSA) is 69.2 Å². The third-order valence-corrected chi connectivity index (χ3v) is 2.53. The molecule has 0 radical (unpaired) electrons. The summed E-state index contributed by atoms with van der Waals surface area (Å²) in [5.74, 6) is 1.33. The fraction of sp³-hybridized carbons (Fsp3) is 0.143. The first-order valence-corrected chi connectivity index (χ1v) is 5.72. The van der Waals surface area contributed by atoms with Crippen LogP contribution in [-0.2, 0) is 0 Å². The fourth-order valence-electron chi connectivity index (χ4n) is 1.56. The lowest BCUT2D eigenvalue weighted by molar-refractivity contribution is 0.415. The van der Waals surface area contributed by atoms with E-state index < -0.39 is 0 Å². The van der Waals surface area contributed by atoms with Crippen LogP contribution in [0.3, 0.4) is 0 Å². The second-order valence-electron chi connectivity index (χ2n) is 3.83. The zero-order valence-electron chi connectivity index (χ0n) is 10.8. The van der Waals surface area contributed by atoms with Crippen molar-refractivity contribution < 1.29 is 9.47 Å². The van der Waals surface area contributed by atoms with Crippen molar-refractivity contribution in [3.05, 3.63) is 42.5 Å². The second kappa shape index (κ2) is 5.86. The van der Waals surface area contributed by atoms with Crippen molar-refractivity contribution in [3.8, 4) is 11.5 Å². The summed E-state index contributed by atoms with van der Waals surface area (Å²) in [6.45, 7) is 0. The molecule has 0 heterocycles. The zero-order valence-corrected chi connectivity index (χ0v) is 10.8. The van der Waals surface area contributed by atoms with E-state index in [0.717, 1.165) is 5.75 Å². The van der Waals surface area contributed by atoms with Crippen LogP contribution >= 0.6 is 0 Å². The van der Waals surface area contributed by atoms with Gasteiger partial charge >= 0.3 is 0 Å². The maximum atomic E-state index is 5.68. The van der Waals surface area contributed by atoms with Gasteiger partial charge in [0.1, 0.15) is 17.2 Å². The largest absolute Gasteiger partial charge is 0.497 e. The van der Waals surface area contributed by atoms with Crippen LogP contribution in [0, 0.1) is 0 Å². The predicted molar refractivity (Wildman–Crippen MR) is 74.6 cm³/mol. The van der Waals surface area contributed by atoms with Gasteiger partial charge in [-0.3, -0.25) is 0 Å². The molecule has 0 amide bonds. The molecule has 0 aliphatic heterocycles. The standard InChI is InChI=1S/C14H15N3O2/c1-18-12-5-3-4-11(9-12)16-17-13-7-6-10(15)8-14(13)19-2/h3-9H,15H2,1-2H3. The molecule has 2 rings (SSSR count). The molecular weight excluding hydrogens is 242 g/mol. The number of anilines is 1. The van der Waals surface area contributed by atoms with Crippen molar-refractivity contribution in [2.45, 2.75) is 0 Å². The van der Waals surface area contributed by atoms with Gasteiger partial charge in [-0.1, -0.05) is 6.07 Å². The van der Waals surface area contributed by atoms with Gasteiger partial charge in [0, 0.05) is 17.8 Å². The van der Waals surface area contributed by atoms with Crippen molar-refractivity contribution in [3.63, 3.8) is 0 Å². The monoisotopic (exact) mass is 257 g/mol. The second-order valence-corrected chi connectivity index (χ2v) is 3.83. The zero-order chi connectivity index (χ0) is 13.7. The van der Waals surface area contributed by atoms with Crippen LogP contribution < -0.4 is 15.2 Å². The summed E-state index contributed by atoms with van der Waals surface area (Å²) in [5, 5.41) is 8.30. The minimum atomic E-state index is 0.589. The number of rotatable bonds is 4. The minimum Gasteiger partial charge on any atom is -0.497 e. The number of nitrogen functional groups attached to an aromatic ring is 1.